The minimum Gasteiger partial charge on any atom is -0.354 e. The molecule has 0 spiro atoms. The van der Waals surface area contributed by atoms with E-state index in [1.54, 1.807) is 31.2 Å². The maximum atomic E-state index is 13.3. The van der Waals surface area contributed by atoms with Crippen molar-refractivity contribution in [1.82, 2.24) is 10.2 Å². The summed E-state index contributed by atoms with van der Waals surface area (Å²) in [6, 6.07) is 14.7. The van der Waals surface area contributed by atoms with Crippen molar-refractivity contribution in [3.05, 3.63) is 65.2 Å². The second kappa shape index (κ2) is 11.9. The number of carbonyl (C=O) groups is 2. The highest BCUT2D eigenvalue weighted by Crippen LogP contribution is 2.21. The Balaban J connectivity index is 2.30. The summed E-state index contributed by atoms with van der Waals surface area (Å²) in [5.74, 6) is -0.757. The van der Waals surface area contributed by atoms with Crippen molar-refractivity contribution in [2.24, 2.45) is 0 Å². The van der Waals surface area contributed by atoms with Gasteiger partial charge >= 0.3 is 0 Å². The molecule has 0 saturated carbocycles. The lowest BCUT2D eigenvalue weighted by Crippen LogP contribution is -2.51. The molecule has 0 fully saturated rings. The first kappa shape index (κ1) is 25.7. The Morgan fingerprint density at radius 2 is 1.69 bits per heavy atom. The zero-order valence-corrected chi connectivity index (χ0v) is 20.2. The number of hydrogen-bond acceptors (Lipinski definition) is 4. The molecule has 7 nitrogen and oxygen atoms in total. The van der Waals surface area contributed by atoms with Gasteiger partial charge in [-0.3, -0.25) is 13.9 Å². The van der Waals surface area contributed by atoms with Crippen LogP contribution in [0.1, 0.15) is 32.3 Å². The Morgan fingerprint density at radius 1 is 1.06 bits per heavy atom. The largest absolute Gasteiger partial charge is 0.354 e. The van der Waals surface area contributed by atoms with Gasteiger partial charge in [-0.1, -0.05) is 55.3 Å². The summed E-state index contributed by atoms with van der Waals surface area (Å²) in [5.41, 5.74) is 1.16. The minimum absolute atomic E-state index is 0.181. The highest BCUT2D eigenvalue weighted by molar-refractivity contribution is 7.92. The normalized spacial score (nSPS) is 12.1. The first-order valence-corrected chi connectivity index (χ1v) is 12.7. The summed E-state index contributed by atoms with van der Waals surface area (Å²) in [7, 11) is -3.75. The van der Waals surface area contributed by atoms with E-state index in [4.69, 9.17) is 11.6 Å². The second-order valence-electron chi connectivity index (χ2n) is 7.57. The smallest absolute Gasteiger partial charge is 0.244 e. The Hall–Kier alpha value is -2.58. The van der Waals surface area contributed by atoms with Crippen LogP contribution in [0.3, 0.4) is 0 Å². The van der Waals surface area contributed by atoms with E-state index in [9.17, 15) is 18.0 Å². The summed E-state index contributed by atoms with van der Waals surface area (Å²) in [4.78, 5) is 27.4. The van der Waals surface area contributed by atoms with Gasteiger partial charge in [0.05, 0.1) is 11.9 Å². The number of amides is 2. The predicted octanol–water partition coefficient (Wildman–Crippen LogP) is 3.44. The maximum absolute atomic E-state index is 13.3. The Morgan fingerprint density at radius 3 is 2.25 bits per heavy atom. The lowest BCUT2D eigenvalue weighted by Gasteiger charge is -2.31. The van der Waals surface area contributed by atoms with E-state index >= 15 is 0 Å². The van der Waals surface area contributed by atoms with Gasteiger partial charge in [0.25, 0.3) is 0 Å². The molecule has 2 aromatic rings. The zero-order chi connectivity index (χ0) is 23.7. The van der Waals surface area contributed by atoms with Crippen molar-refractivity contribution >= 4 is 39.1 Å². The fourth-order valence-corrected chi connectivity index (χ4v) is 4.10. The quantitative estimate of drug-likeness (QED) is 0.500. The fourth-order valence-electron chi connectivity index (χ4n) is 3.12. The summed E-state index contributed by atoms with van der Waals surface area (Å²) >= 11 is 5.92. The molecule has 2 amide bonds. The van der Waals surface area contributed by atoms with Crippen LogP contribution in [0, 0.1) is 0 Å². The van der Waals surface area contributed by atoms with Crippen LogP contribution in [0.2, 0.25) is 5.02 Å². The third-order valence-electron chi connectivity index (χ3n) is 4.99. The minimum atomic E-state index is -3.75. The molecule has 9 heteroatoms. The van der Waals surface area contributed by atoms with Crippen molar-refractivity contribution in [2.45, 2.75) is 39.3 Å². The molecule has 0 aliphatic heterocycles. The highest BCUT2D eigenvalue weighted by atomic mass is 35.5. The van der Waals surface area contributed by atoms with E-state index in [0.29, 0.717) is 17.3 Å². The number of nitrogens with zero attached hydrogens (tertiary/aromatic N) is 2. The molecular formula is C23H30ClN3O4S. The Labute approximate surface area is 195 Å². The maximum Gasteiger partial charge on any atom is 0.244 e. The number of carbonyl (C=O) groups excluding carboxylic acids is 2. The van der Waals surface area contributed by atoms with Crippen LogP contribution in [0.15, 0.2) is 54.6 Å². The van der Waals surface area contributed by atoms with Crippen LogP contribution in [0.5, 0.6) is 0 Å². The number of benzene rings is 2. The molecule has 0 aromatic heterocycles. The van der Waals surface area contributed by atoms with Gasteiger partial charge in [-0.2, -0.15) is 0 Å². The van der Waals surface area contributed by atoms with Crippen molar-refractivity contribution in [3.8, 4) is 0 Å². The van der Waals surface area contributed by atoms with E-state index in [-0.39, 0.29) is 12.5 Å². The van der Waals surface area contributed by atoms with E-state index in [1.165, 1.54) is 4.90 Å². The van der Waals surface area contributed by atoms with Gasteiger partial charge in [0.2, 0.25) is 21.8 Å². The lowest BCUT2D eigenvalue weighted by atomic mass is 10.1. The van der Waals surface area contributed by atoms with Crippen LogP contribution in [-0.4, -0.2) is 50.5 Å². The van der Waals surface area contributed by atoms with E-state index in [2.05, 4.69) is 5.32 Å². The number of halogens is 1. The fraction of sp³-hybridized carbons (Fsp3) is 0.391. The third kappa shape index (κ3) is 7.53. The van der Waals surface area contributed by atoms with Crippen LogP contribution in [-0.2, 0) is 26.2 Å². The molecule has 1 atom stereocenters. The molecule has 0 aliphatic carbocycles. The Kier molecular flexibility index (Phi) is 9.53. The first-order valence-electron chi connectivity index (χ1n) is 10.5. The molecular weight excluding hydrogens is 450 g/mol. The Bertz CT molecular complexity index is 998. The summed E-state index contributed by atoms with van der Waals surface area (Å²) in [5, 5.41) is 3.30. The highest BCUT2D eigenvalue weighted by Gasteiger charge is 2.29. The van der Waals surface area contributed by atoms with Gasteiger partial charge in [-0.05, 0) is 43.2 Å². The molecule has 1 N–H and O–H groups in total. The third-order valence-corrected chi connectivity index (χ3v) is 6.38. The zero-order valence-electron chi connectivity index (χ0n) is 18.6. The van der Waals surface area contributed by atoms with Gasteiger partial charge < -0.3 is 10.2 Å². The molecule has 2 rings (SSSR count). The van der Waals surface area contributed by atoms with E-state index < -0.39 is 28.5 Å². The van der Waals surface area contributed by atoms with Gasteiger partial charge in [-0.15, -0.1) is 0 Å². The first-order chi connectivity index (χ1) is 15.1. The molecule has 0 saturated heterocycles. The summed E-state index contributed by atoms with van der Waals surface area (Å²) in [6.07, 6.45) is 2.81. The number of hydrogen-bond donors (Lipinski definition) is 1. The van der Waals surface area contributed by atoms with E-state index in [1.807, 2.05) is 37.3 Å². The molecule has 0 radical (unpaired) electrons. The average Bonchev–Trinajstić information content (AvgIpc) is 2.76. The standard InChI is InChI=1S/C23H30ClN3O4S/c1-4-5-15-25-23(29)18(2)26(16-19-9-7-6-8-10-19)22(28)17-27(32(3,30)31)21-13-11-20(24)12-14-21/h6-14,18H,4-5,15-17H2,1-3H3,(H,25,29). The SMILES string of the molecule is CCCCNC(=O)C(C)N(Cc1ccccc1)C(=O)CN(c1ccc(Cl)cc1)S(C)(=O)=O. The predicted molar refractivity (Wildman–Crippen MR) is 128 cm³/mol. The number of anilines is 1. The van der Waals surface area contributed by atoms with Gasteiger partial charge in [0.15, 0.2) is 0 Å². The number of unbranched alkanes of at least 4 members (excludes halogenated alkanes) is 1. The van der Waals surface area contributed by atoms with Gasteiger partial charge in [0.1, 0.15) is 12.6 Å². The van der Waals surface area contributed by atoms with Crippen molar-refractivity contribution in [3.63, 3.8) is 0 Å². The van der Waals surface area contributed by atoms with Crippen LogP contribution < -0.4 is 9.62 Å². The molecule has 2 aromatic carbocycles. The van der Waals surface area contributed by atoms with Crippen LogP contribution in [0.4, 0.5) is 5.69 Å². The van der Waals surface area contributed by atoms with Crippen LogP contribution >= 0.6 is 11.6 Å². The monoisotopic (exact) mass is 479 g/mol. The average molecular weight is 480 g/mol. The molecule has 0 bridgehead atoms. The van der Waals surface area contributed by atoms with E-state index in [0.717, 1.165) is 29.0 Å². The van der Waals surface area contributed by atoms with Crippen molar-refractivity contribution in [1.29, 1.82) is 0 Å². The van der Waals surface area contributed by atoms with Gasteiger partial charge in [0, 0.05) is 18.1 Å². The van der Waals surface area contributed by atoms with Crippen molar-refractivity contribution in [2.75, 3.05) is 23.7 Å². The molecule has 1 unspecified atom stereocenters. The molecule has 174 valence electrons. The van der Waals surface area contributed by atoms with Crippen molar-refractivity contribution < 1.29 is 18.0 Å². The summed E-state index contributed by atoms with van der Waals surface area (Å²) in [6.45, 7) is 3.94. The number of rotatable bonds is 11. The summed E-state index contributed by atoms with van der Waals surface area (Å²) < 4.78 is 25.9. The lowest BCUT2D eigenvalue weighted by molar-refractivity contribution is -0.139. The molecule has 0 aliphatic rings. The molecule has 32 heavy (non-hydrogen) atoms. The second-order valence-corrected chi connectivity index (χ2v) is 9.92. The van der Waals surface area contributed by atoms with Gasteiger partial charge in [-0.25, -0.2) is 8.42 Å². The number of sulfonamides is 1. The topological polar surface area (TPSA) is 86.8 Å². The number of nitrogens with one attached hydrogen (secondary N) is 1. The van der Waals surface area contributed by atoms with Crippen LogP contribution in [0.25, 0.3) is 0 Å². The molecule has 0 heterocycles.